The second-order valence-corrected chi connectivity index (χ2v) is 5.90. The topological polar surface area (TPSA) is 54.0 Å². The Balaban J connectivity index is 0.00000180. The monoisotopic (exact) mass is 339 g/mol. The number of carbonyl (C=O) groups excluding carboxylic acids is 1. The van der Waals surface area contributed by atoms with Crippen LogP contribution >= 0.6 is 36.2 Å². The molecule has 2 heterocycles. The lowest BCUT2D eigenvalue weighted by atomic mass is 9.94. The normalized spacial score (nSPS) is 16.7. The first kappa shape index (κ1) is 19.6. The number of rotatable bonds is 4. The van der Waals surface area contributed by atoms with Crippen molar-refractivity contribution in [1.82, 2.24) is 15.6 Å². The number of piperidine rings is 1. The molecule has 1 saturated heterocycles. The molecule has 0 aromatic carbocycles. The van der Waals surface area contributed by atoms with Gasteiger partial charge in [-0.25, -0.2) is 4.98 Å². The molecule has 2 N–H and O–H groups in total. The summed E-state index contributed by atoms with van der Waals surface area (Å²) in [5.41, 5.74) is 1.02. The van der Waals surface area contributed by atoms with E-state index in [1.54, 1.807) is 11.3 Å². The first-order chi connectivity index (χ1) is 8.65. The summed E-state index contributed by atoms with van der Waals surface area (Å²) in [6.45, 7) is 6.06. The smallest absolute Gasteiger partial charge is 0.220 e. The summed E-state index contributed by atoms with van der Waals surface area (Å²) in [5.74, 6) is 0.693. The number of amides is 1. The lowest BCUT2D eigenvalue weighted by Gasteiger charge is -2.22. The average Bonchev–Trinajstić information content (AvgIpc) is 2.77. The van der Waals surface area contributed by atoms with Crippen molar-refractivity contribution in [3.63, 3.8) is 0 Å². The van der Waals surface area contributed by atoms with E-state index in [0.717, 1.165) is 36.6 Å². The van der Waals surface area contributed by atoms with Gasteiger partial charge in [0.2, 0.25) is 5.91 Å². The zero-order valence-electron chi connectivity index (χ0n) is 11.8. The number of nitrogens with zero attached hydrogens (tertiary/aromatic N) is 1. The zero-order chi connectivity index (χ0) is 13.0. The van der Waals surface area contributed by atoms with Gasteiger partial charge >= 0.3 is 0 Å². The van der Waals surface area contributed by atoms with Gasteiger partial charge in [0.1, 0.15) is 5.01 Å². The molecular weight excluding hydrogens is 317 g/mol. The molecule has 1 aromatic rings. The van der Waals surface area contributed by atoms with Crippen LogP contribution in [0.5, 0.6) is 0 Å². The molecule has 1 unspecified atom stereocenters. The number of thiazole rings is 1. The largest absolute Gasteiger partial charge is 0.347 e. The lowest BCUT2D eigenvalue weighted by Crippen LogP contribution is -2.33. The summed E-state index contributed by atoms with van der Waals surface area (Å²) in [5, 5.41) is 9.37. The van der Waals surface area contributed by atoms with Crippen LogP contribution in [0.2, 0.25) is 0 Å². The van der Waals surface area contributed by atoms with Gasteiger partial charge in [0.25, 0.3) is 0 Å². The minimum Gasteiger partial charge on any atom is -0.347 e. The average molecular weight is 340 g/mol. The number of aryl methyl sites for hydroxylation is 1. The summed E-state index contributed by atoms with van der Waals surface area (Å²) in [6.07, 6.45) is 2.87. The van der Waals surface area contributed by atoms with E-state index in [1.807, 2.05) is 19.2 Å². The Bertz CT molecular complexity index is 408. The van der Waals surface area contributed by atoms with Crippen LogP contribution in [0.25, 0.3) is 0 Å². The Labute approximate surface area is 137 Å². The fraction of sp³-hybridized carbons (Fsp3) is 0.692. The van der Waals surface area contributed by atoms with Crippen molar-refractivity contribution >= 4 is 42.1 Å². The quantitative estimate of drug-likeness (QED) is 0.886. The van der Waals surface area contributed by atoms with Crippen LogP contribution in [0.15, 0.2) is 5.38 Å². The van der Waals surface area contributed by atoms with Crippen molar-refractivity contribution in [2.45, 2.75) is 39.2 Å². The van der Waals surface area contributed by atoms with Gasteiger partial charge < -0.3 is 10.6 Å². The van der Waals surface area contributed by atoms with E-state index >= 15 is 0 Å². The van der Waals surface area contributed by atoms with Crippen molar-refractivity contribution in [2.24, 2.45) is 5.92 Å². The van der Waals surface area contributed by atoms with Crippen molar-refractivity contribution in [3.8, 4) is 0 Å². The molecule has 0 bridgehead atoms. The molecular formula is C13H23Cl2N3OS. The van der Waals surface area contributed by atoms with E-state index in [-0.39, 0.29) is 36.8 Å². The minimum absolute atomic E-state index is 0. The van der Waals surface area contributed by atoms with Gasteiger partial charge in [0, 0.05) is 17.5 Å². The van der Waals surface area contributed by atoms with Crippen LogP contribution in [0.3, 0.4) is 0 Å². The Morgan fingerprint density at radius 2 is 2.15 bits per heavy atom. The van der Waals surface area contributed by atoms with Gasteiger partial charge in [-0.1, -0.05) is 0 Å². The van der Waals surface area contributed by atoms with Crippen molar-refractivity contribution < 1.29 is 4.79 Å². The van der Waals surface area contributed by atoms with Crippen LogP contribution in [0.1, 0.15) is 42.9 Å². The third-order valence-corrected chi connectivity index (χ3v) is 4.46. The molecule has 4 nitrogen and oxygen atoms in total. The fourth-order valence-electron chi connectivity index (χ4n) is 2.28. The molecule has 1 aromatic heterocycles. The number of hydrogen-bond donors (Lipinski definition) is 2. The summed E-state index contributed by atoms with van der Waals surface area (Å²) in [4.78, 5) is 16.4. The third kappa shape index (κ3) is 5.95. The van der Waals surface area contributed by atoms with Gasteiger partial charge in [-0.15, -0.1) is 36.2 Å². The van der Waals surface area contributed by atoms with E-state index < -0.39 is 0 Å². The van der Waals surface area contributed by atoms with Gasteiger partial charge in [-0.05, 0) is 45.7 Å². The summed E-state index contributed by atoms with van der Waals surface area (Å²) in [6, 6.07) is 0.0258. The molecule has 7 heteroatoms. The van der Waals surface area contributed by atoms with Crippen molar-refractivity contribution in [3.05, 3.63) is 16.1 Å². The molecule has 116 valence electrons. The van der Waals surface area contributed by atoms with E-state index in [9.17, 15) is 4.79 Å². The molecule has 1 atom stereocenters. The van der Waals surface area contributed by atoms with Crippen LogP contribution < -0.4 is 10.6 Å². The Hall–Kier alpha value is -0.360. The molecule has 20 heavy (non-hydrogen) atoms. The molecule has 0 spiro atoms. The maximum absolute atomic E-state index is 11.9. The lowest BCUT2D eigenvalue weighted by molar-refractivity contribution is -0.122. The van der Waals surface area contributed by atoms with Gasteiger partial charge in [-0.3, -0.25) is 4.79 Å². The summed E-state index contributed by atoms with van der Waals surface area (Å²) in [7, 11) is 0. The summed E-state index contributed by atoms with van der Waals surface area (Å²) >= 11 is 1.61. The molecule has 0 aliphatic carbocycles. The highest BCUT2D eigenvalue weighted by Gasteiger charge is 2.19. The second kappa shape index (κ2) is 9.55. The van der Waals surface area contributed by atoms with E-state index in [1.165, 1.54) is 0 Å². The standard InChI is InChI=1S/C13H21N3OS.2ClH/c1-9-8-18-13(15-9)10(2)16-12(17)7-11-3-5-14-6-4-11;;/h8,10-11,14H,3-7H2,1-2H3,(H,16,17);2*1H. The molecule has 1 fully saturated rings. The van der Waals surface area contributed by atoms with Gasteiger partial charge in [-0.2, -0.15) is 0 Å². The highest BCUT2D eigenvalue weighted by molar-refractivity contribution is 7.09. The predicted octanol–water partition coefficient (Wildman–Crippen LogP) is 2.86. The number of carbonyl (C=O) groups is 1. The molecule has 1 aliphatic rings. The van der Waals surface area contributed by atoms with Crippen LogP contribution in [-0.2, 0) is 4.79 Å². The first-order valence-corrected chi connectivity index (χ1v) is 7.45. The van der Waals surface area contributed by atoms with Crippen molar-refractivity contribution in [2.75, 3.05) is 13.1 Å². The fourth-order valence-corrected chi connectivity index (χ4v) is 3.08. The Morgan fingerprint density at radius 1 is 1.50 bits per heavy atom. The highest BCUT2D eigenvalue weighted by atomic mass is 35.5. The predicted molar refractivity (Wildman–Crippen MR) is 88.1 cm³/mol. The van der Waals surface area contributed by atoms with E-state index in [4.69, 9.17) is 0 Å². The molecule has 2 rings (SSSR count). The van der Waals surface area contributed by atoms with E-state index in [0.29, 0.717) is 12.3 Å². The van der Waals surface area contributed by atoms with Gasteiger partial charge in [0.15, 0.2) is 0 Å². The van der Waals surface area contributed by atoms with Crippen molar-refractivity contribution in [1.29, 1.82) is 0 Å². The molecule has 1 aliphatic heterocycles. The van der Waals surface area contributed by atoms with E-state index in [2.05, 4.69) is 15.6 Å². The van der Waals surface area contributed by atoms with Crippen LogP contribution in [0.4, 0.5) is 0 Å². The number of nitrogens with one attached hydrogen (secondary N) is 2. The molecule has 0 saturated carbocycles. The maximum atomic E-state index is 11.9. The number of halogens is 2. The maximum Gasteiger partial charge on any atom is 0.220 e. The number of aromatic nitrogens is 1. The second-order valence-electron chi connectivity index (χ2n) is 5.01. The Morgan fingerprint density at radius 3 is 2.70 bits per heavy atom. The molecule has 1 amide bonds. The van der Waals surface area contributed by atoms with Crippen LogP contribution in [-0.4, -0.2) is 24.0 Å². The highest BCUT2D eigenvalue weighted by Crippen LogP contribution is 2.19. The van der Waals surface area contributed by atoms with Crippen LogP contribution in [0, 0.1) is 12.8 Å². The van der Waals surface area contributed by atoms with Gasteiger partial charge in [0.05, 0.1) is 6.04 Å². The SMILES string of the molecule is Cc1csc(C(C)NC(=O)CC2CCNCC2)n1.Cl.Cl. The number of hydrogen-bond acceptors (Lipinski definition) is 4. The first-order valence-electron chi connectivity index (χ1n) is 6.57. The minimum atomic E-state index is 0. The third-order valence-electron chi connectivity index (χ3n) is 3.32. The zero-order valence-corrected chi connectivity index (χ0v) is 14.3. The Kier molecular flexibility index (Phi) is 9.38. The molecule has 0 radical (unpaired) electrons. The summed E-state index contributed by atoms with van der Waals surface area (Å²) < 4.78 is 0.